The summed E-state index contributed by atoms with van der Waals surface area (Å²) < 4.78 is 47.0. The second kappa shape index (κ2) is 15.5. The lowest BCUT2D eigenvalue weighted by molar-refractivity contribution is -0.149. The van der Waals surface area contributed by atoms with Crippen LogP contribution in [0.3, 0.4) is 0 Å². The standard InChI is InChI=1S/C32H48F3N3O5/c1-2-8-27-25(11-6-17-38(27)31(42)29-26(32(33,34)35)12-5-16-36-29)30(41)37-18-14-22(15-19-37)24-10-4-3-9-23(24)21-43-20-7-13-28(39)40/h12,16,22-25,27,29H,2-11,13-15,17-21H2,1H3,(H,39,40). The van der Waals surface area contributed by atoms with Crippen molar-refractivity contribution in [3.8, 4) is 0 Å². The van der Waals surface area contributed by atoms with Gasteiger partial charge in [-0.25, -0.2) is 0 Å². The lowest BCUT2D eigenvalue weighted by atomic mass is 9.69. The maximum Gasteiger partial charge on any atom is 0.414 e. The highest BCUT2D eigenvalue weighted by Gasteiger charge is 2.47. The highest BCUT2D eigenvalue weighted by atomic mass is 19.4. The molecule has 1 saturated carbocycles. The number of amides is 2. The molecular weight excluding hydrogens is 563 g/mol. The Morgan fingerprint density at radius 3 is 2.47 bits per heavy atom. The zero-order valence-corrected chi connectivity index (χ0v) is 25.4. The van der Waals surface area contributed by atoms with Crippen molar-refractivity contribution in [3.63, 3.8) is 0 Å². The quantitative estimate of drug-likeness (QED) is 0.240. The molecular formula is C32H48F3N3O5. The number of hydrogen-bond acceptors (Lipinski definition) is 5. The summed E-state index contributed by atoms with van der Waals surface area (Å²) in [5, 5.41) is 8.84. The van der Waals surface area contributed by atoms with Crippen LogP contribution in [-0.2, 0) is 19.1 Å². The minimum atomic E-state index is -4.63. The number of carbonyl (C=O) groups is 3. The highest BCUT2D eigenvalue weighted by Crippen LogP contribution is 2.41. The van der Waals surface area contributed by atoms with E-state index in [4.69, 9.17) is 9.84 Å². The monoisotopic (exact) mass is 611 g/mol. The number of hydrogen-bond donors (Lipinski definition) is 1. The van der Waals surface area contributed by atoms with Gasteiger partial charge in [-0.1, -0.05) is 32.3 Å². The van der Waals surface area contributed by atoms with Gasteiger partial charge in [0.1, 0.15) is 0 Å². The molecule has 11 heteroatoms. The van der Waals surface area contributed by atoms with E-state index in [0.717, 1.165) is 38.2 Å². The van der Waals surface area contributed by atoms with Gasteiger partial charge in [0.2, 0.25) is 5.91 Å². The zero-order valence-electron chi connectivity index (χ0n) is 25.4. The second-order valence-corrected chi connectivity index (χ2v) is 12.7. The van der Waals surface area contributed by atoms with Crippen LogP contribution in [0.25, 0.3) is 0 Å². The number of dihydropyridines is 1. The fourth-order valence-corrected chi connectivity index (χ4v) is 7.84. The number of carboxylic acids is 1. The Kier molecular flexibility index (Phi) is 12.1. The van der Waals surface area contributed by atoms with Crippen LogP contribution in [-0.4, -0.2) is 90.0 Å². The number of aliphatic carboxylic acids is 1. The topological polar surface area (TPSA) is 99.5 Å². The highest BCUT2D eigenvalue weighted by molar-refractivity contribution is 5.89. The Morgan fingerprint density at radius 1 is 1.02 bits per heavy atom. The molecule has 4 aliphatic rings. The van der Waals surface area contributed by atoms with Crippen molar-refractivity contribution in [2.24, 2.45) is 28.7 Å². The zero-order chi connectivity index (χ0) is 31.0. The fraction of sp³-hybridized carbons (Fsp3) is 0.812. The number of allylic oxidation sites excluding steroid dienone is 1. The molecule has 2 amide bonds. The molecule has 0 radical (unpaired) electrons. The third kappa shape index (κ3) is 8.60. The minimum absolute atomic E-state index is 0.0232. The fourth-order valence-electron chi connectivity index (χ4n) is 7.84. The molecule has 3 aliphatic heterocycles. The van der Waals surface area contributed by atoms with Crippen molar-refractivity contribution in [2.45, 2.75) is 109 Å². The molecule has 5 atom stereocenters. The van der Waals surface area contributed by atoms with Crippen molar-refractivity contribution in [1.29, 1.82) is 0 Å². The van der Waals surface area contributed by atoms with Gasteiger partial charge in [0.25, 0.3) is 5.91 Å². The maximum atomic E-state index is 13.9. The molecule has 2 saturated heterocycles. The number of halogens is 3. The lowest BCUT2D eigenvalue weighted by Crippen LogP contribution is -2.57. The molecule has 1 aliphatic carbocycles. The average molecular weight is 612 g/mol. The Balaban J connectivity index is 1.36. The van der Waals surface area contributed by atoms with Crippen LogP contribution in [0.1, 0.15) is 90.4 Å². The Morgan fingerprint density at radius 2 is 1.77 bits per heavy atom. The average Bonchev–Trinajstić information content (AvgIpc) is 3.00. The van der Waals surface area contributed by atoms with Gasteiger partial charge in [0.15, 0.2) is 6.04 Å². The molecule has 3 heterocycles. The summed E-state index contributed by atoms with van der Waals surface area (Å²) in [6.45, 7) is 4.74. The summed E-state index contributed by atoms with van der Waals surface area (Å²) in [5.74, 6) is -0.354. The van der Waals surface area contributed by atoms with E-state index in [1.807, 2.05) is 11.8 Å². The molecule has 0 aromatic carbocycles. The van der Waals surface area contributed by atoms with Crippen LogP contribution < -0.4 is 0 Å². The molecule has 0 aromatic heterocycles. The van der Waals surface area contributed by atoms with Gasteiger partial charge in [-0.3, -0.25) is 19.4 Å². The number of ether oxygens (including phenoxy) is 1. The van der Waals surface area contributed by atoms with Crippen molar-refractivity contribution in [2.75, 3.05) is 32.8 Å². The number of rotatable bonds is 11. The van der Waals surface area contributed by atoms with E-state index in [1.54, 1.807) is 0 Å². The van der Waals surface area contributed by atoms with Crippen LogP contribution in [0.5, 0.6) is 0 Å². The van der Waals surface area contributed by atoms with Crippen LogP contribution in [0, 0.1) is 23.7 Å². The van der Waals surface area contributed by atoms with Crippen molar-refractivity contribution in [3.05, 3.63) is 11.6 Å². The first kappa shape index (κ1) is 33.5. The van der Waals surface area contributed by atoms with Crippen molar-refractivity contribution >= 4 is 24.0 Å². The van der Waals surface area contributed by atoms with Gasteiger partial charge >= 0.3 is 12.1 Å². The van der Waals surface area contributed by atoms with E-state index in [1.165, 1.54) is 24.0 Å². The largest absolute Gasteiger partial charge is 0.481 e. The van der Waals surface area contributed by atoms with E-state index >= 15 is 0 Å². The van der Waals surface area contributed by atoms with Gasteiger partial charge in [-0.2, -0.15) is 13.2 Å². The molecule has 0 aromatic rings. The van der Waals surface area contributed by atoms with Gasteiger partial charge in [0.05, 0.1) is 11.5 Å². The molecule has 8 nitrogen and oxygen atoms in total. The van der Waals surface area contributed by atoms with E-state index in [9.17, 15) is 27.6 Å². The molecule has 0 bridgehead atoms. The Hall–Kier alpha value is -2.43. The summed E-state index contributed by atoms with van der Waals surface area (Å²) >= 11 is 0. The summed E-state index contributed by atoms with van der Waals surface area (Å²) in [7, 11) is 0. The third-order valence-electron chi connectivity index (χ3n) is 9.95. The van der Waals surface area contributed by atoms with Gasteiger partial charge < -0.3 is 19.6 Å². The predicted molar refractivity (Wildman–Crippen MR) is 157 cm³/mol. The maximum absolute atomic E-state index is 13.9. The smallest absolute Gasteiger partial charge is 0.414 e. The van der Waals surface area contributed by atoms with Gasteiger partial charge in [-0.15, -0.1) is 0 Å². The summed E-state index contributed by atoms with van der Waals surface area (Å²) in [4.78, 5) is 45.6. The molecule has 1 N–H and O–H groups in total. The number of aliphatic imine (C=N–C) groups is 1. The van der Waals surface area contributed by atoms with E-state index in [-0.39, 0.29) is 18.7 Å². The Bertz CT molecular complexity index is 1020. The van der Waals surface area contributed by atoms with Gasteiger partial charge in [0, 0.05) is 57.9 Å². The number of alkyl halides is 3. The second-order valence-electron chi connectivity index (χ2n) is 12.7. The van der Waals surface area contributed by atoms with Crippen LogP contribution >= 0.6 is 0 Å². The third-order valence-corrected chi connectivity index (χ3v) is 9.95. The van der Waals surface area contributed by atoms with Gasteiger partial charge in [-0.05, 0) is 69.1 Å². The van der Waals surface area contributed by atoms with E-state index < -0.39 is 41.6 Å². The number of carbonyl (C=O) groups excluding carboxylic acids is 2. The lowest BCUT2D eigenvalue weighted by Gasteiger charge is -2.45. The van der Waals surface area contributed by atoms with Crippen molar-refractivity contribution in [1.82, 2.24) is 9.80 Å². The molecule has 43 heavy (non-hydrogen) atoms. The molecule has 0 spiro atoms. The van der Waals surface area contributed by atoms with Crippen molar-refractivity contribution < 1.29 is 37.4 Å². The summed E-state index contributed by atoms with van der Waals surface area (Å²) in [6.07, 6.45) is 7.44. The molecule has 4 rings (SSSR count). The number of nitrogens with zero attached hydrogens (tertiary/aromatic N) is 3. The molecule has 3 fully saturated rings. The predicted octanol–water partition coefficient (Wildman–Crippen LogP) is 5.65. The number of likely N-dealkylation sites (tertiary alicyclic amines) is 2. The van der Waals surface area contributed by atoms with Crippen LogP contribution in [0.15, 0.2) is 16.6 Å². The SMILES string of the molecule is CCCC1C(C(=O)N2CCC(C3CCCCC3COCCCC(=O)O)CC2)CCCN1C(=O)C1N=CCC=C1C(F)(F)F. The van der Waals surface area contributed by atoms with E-state index in [2.05, 4.69) is 4.99 Å². The first-order valence-electron chi connectivity index (χ1n) is 16.3. The minimum Gasteiger partial charge on any atom is -0.481 e. The number of piperidine rings is 2. The molecule has 5 unspecified atom stereocenters. The Labute approximate surface area is 253 Å². The molecule has 242 valence electrons. The number of carboxylic acid groups (broad SMARTS) is 1. The normalized spacial score (nSPS) is 28.9. The first-order chi connectivity index (χ1) is 20.6. The van der Waals surface area contributed by atoms with Crippen LogP contribution in [0.4, 0.5) is 13.2 Å². The first-order valence-corrected chi connectivity index (χ1v) is 16.3. The summed E-state index contributed by atoms with van der Waals surface area (Å²) in [6, 6.07) is -2.02. The van der Waals surface area contributed by atoms with Crippen LogP contribution in [0.2, 0.25) is 0 Å². The summed E-state index contributed by atoms with van der Waals surface area (Å²) in [5.41, 5.74) is -0.905. The van der Waals surface area contributed by atoms with E-state index in [0.29, 0.717) is 76.3 Å².